The molecule has 1 aromatic carbocycles. The van der Waals surface area contributed by atoms with E-state index in [0.717, 1.165) is 11.1 Å². The Kier molecular flexibility index (Phi) is 8.86. The number of carbonyl (C=O) groups is 5. The standard InChI is InChI=1S/C29H42N4O7/c1-16(26(37)39-28(3,4)5)30-24(35)21-15-19-12-10-11-18-13-14-20(25(36)33(21)22(18)19)31-23(34)17(2)32(9)27(38)40-29(6,7)8/h10-12,16-17,20-21H,13-15H2,1-9H3,(H,30,35)(H,31,34). The summed E-state index contributed by atoms with van der Waals surface area (Å²) in [5.41, 5.74) is 0.982. The Hall–Kier alpha value is -3.63. The molecule has 2 heterocycles. The second-order valence-corrected chi connectivity index (χ2v) is 12.5. The molecule has 11 heteroatoms. The van der Waals surface area contributed by atoms with Crippen LogP contribution < -0.4 is 15.5 Å². The van der Waals surface area contributed by atoms with E-state index in [1.807, 2.05) is 18.2 Å². The number of ether oxygens (including phenoxy) is 2. The summed E-state index contributed by atoms with van der Waals surface area (Å²) in [4.78, 5) is 68.0. The van der Waals surface area contributed by atoms with E-state index in [1.54, 1.807) is 48.5 Å². The zero-order valence-corrected chi connectivity index (χ0v) is 24.9. The summed E-state index contributed by atoms with van der Waals surface area (Å²) in [6, 6.07) is 2.03. The number of para-hydroxylation sites is 1. The van der Waals surface area contributed by atoms with Crippen molar-refractivity contribution in [2.75, 3.05) is 11.9 Å². The second kappa shape index (κ2) is 11.5. The molecule has 0 radical (unpaired) electrons. The number of anilines is 1. The van der Waals surface area contributed by atoms with Gasteiger partial charge in [0.05, 0.1) is 5.69 Å². The molecule has 3 rings (SSSR count). The van der Waals surface area contributed by atoms with Gasteiger partial charge in [0.15, 0.2) is 0 Å². The molecule has 4 atom stereocenters. The van der Waals surface area contributed by atoms with Gasteiger partial charge in [-0.3, -0.25) is 24.2 Å². The molecule has 4 amide bonds. The van der Waals surface area contributed by atoms with E-state index >= 15 is 0 Å². The number of aryl methyl sites for hydroxylation is 1. The van der Waals surface area contributed by atoms with Crippen LogP contribution in [-0.2, 0) is 41.5 Å². The summed E-state index contributed by atoms with van der Waals surface area (Å²) in [6.07, 6.45) is 0.452. The normalized spacial score (nSPS) is 20.0. The van der Waals surface area contributed by atoms with Gasteiger partial charge in [-0.2, -0.15) is 0 Å². The molecule has 2 aliphatic rings. The Bertz CT molecular complexity index is 1180. The Labute approximate surface area is 235 Å². The fourth-order valence-corrected chi connectivity index (χ4v) is 4.69. The molecular formula is C29H42N4O7. The fourth-order valence-electron chi connectivity index (χ4n) is 4.69. The molecule has 11 nitrogen and oxygen atoms in total. The molecule has 0 aromatic heterocycles. The number of amides is 4. The van der Waals surface area contributed by atoms with Gasteiger partial charge in [-0.25, -0.2) is 9.59 Å². The summed E-state index contributed by atoms with van der Waals surface area (Å²) in [5, 5.41) is 5.48. The van der Waals surface area contributed by atoms with E-state index in [9.17, 15) is 24.0 Å². The molecule has 40 heavy (non-hydrogen) atoms. The van der Waals surface area contributed by atoms with Gasteiger partial charge < -0.3 is 20.1 Å². The van der Waals surface area contributed by atoms with Crippen molar-refractivity contribution in [2.45, 2.75) is 110 Å². The highest BCUT2D eigenvalue weighted by atomic mass is 16.6. The third-order valence-corrected chi connectivity index (χ3v) is 6.79. The van der Waals surface area contributed by atoms with Gasteiger partial charge in [-0.1, -0.05) is 18.2 Å². The van der Waals surface area contributed by atoms with Crippen molar-refractivity contribution in [3.05, 3.63) is 29.3 Å². The molecule has 0 saturated carbocycles. The lowest BCUT2D eigenvalue weighted by atomic mass is 10.0. The number of rotatable bonds is 6. The average molecular weight is 559 g/mol. The van der Waals surface area contributed by atoms with Crippen LogP contribution in [0.2, 0.25) is 0 Å². The zero-order chi connectivity index (χ0) is 30.2. The van der Waals surface area contributed by atoms with Gasteiger partial charge in [0.1, 0.15) is 35.4 Å². The van der Waals surface area contributed by atoms with Crippen LogP contribution >= 0.6 is 0 Å². The molecule has 2 N–H and O–H groups in total. The average Bonchev–Trinajstić information content (AvgIpc) is 3.17. The summed E-state index contributed by atoms with van der Waals surface area (Å²) in [6.45, 7) is 13.5. The van der Waals surface area contributed by atoms with E-state index in [-0.39, 0.29) is 6.42 Å². The number of hydrogen-bond acceptors (Lipinski definition) is 7. The van der Waals surface area contributed by atoms with Crippen LogP contribution in [0.1, 0.15) is 72.9 Å². The van der Waals surface area contributed by atoms with E-state index in [1.165, 1.54) is 23.8 Å². The van der Waals surface area contributed by atoms with Crippen LogP contribution in [0.4, 0.5) is 10.5 Å². The number of hydrogen-bond donors (Lipinski definition) is 2. The van der Waals surface area contributed by atoms with Crippen LogP contribution in [0.25, 0.3) is 0 Å². The number of nitrogens with zero attached hydrogens (tertiary/aromatic N) is 2. The van der Waals surface area contributed by atoms with Crippen molar-refractivity contribution in [3.8, 4) is 0 Å². The first-order chi connectivity index (χ1) is 18.4. The van der Waals surface area contributed by atoms with Crippen molar-refractivity contribution in [3.63, 3.8) is 0 Å². The summed E-state index contributed by atoms with van der Waals surface area (Å²) >= 11 is 0. The van der Waals surface area contributed by atoms with Crippen molar-refractivity contribution >= 4 is 35.5 Å². The molecule has 0 aliphatic carbocycles. The van der Waals surface area contributed by atoms with Gasteiger partial charge >= 0.3 is 12.1 Å². The van der Waals surface area contributed by atoms with Gasteiger partial charge in [0, 0.05) is 13.5 Å². The number of esters is 1. The smallest absolute Gasteiger partial charge is 0.410 e. The SMILES string of the molecule is CC(NC(=O)C1Cc2cccc3c2N1C(=O)C(NC(=O)C(C)N(C)C(=O)OC(C)(C)C)CC3)C(=O)OC(C)(C)C. The quantitative estimate of drug-likeness (QED) is 0.512. The lowest BCUT2D eigenvalue weighted by molar-refractivity contribution is -0.158. The molecule has 0 spiro atoms. The maximum atomic E-state index is 13.9. The van der Waals surface area contributed by atoms with Crippen molar-refractivity contribution in [1.29, 1.82) is 0 Å². The van der Waals surface area contributed by atoms with E-state index in [0.29, 0.717) is 18.5 Å². The van der Waals surface area contributed by atoms with Crippen molar-refractivity contribution < 1.29 is 33.4 Å². The maximum absolute atomic E-state index is 13.9. The Balaban J connectivity index is 1.79. The van der Waals surface area contributed by atoms with Crippen molar-refractivity contribution in [2.24, 2.45) is 0 Å². The van der Waals surface area contributed by atoms with Crippen LogP contribution in [0, 0.1) is 0 Å². The van der Waals surface area contributed by atoms with E-state index in [2.05, 4.69) is 10.6 Å². The lowest BCUT2D eigenvalue weighted by Gasteiger charge is -2.31. The maximum Gasteiger partial charge on any atom is 0.410 e. The summed E-state index contributed by atoms with van der Waals surface area (Å²) in [5.74, 6) is -2.00. The van der Waals surface area contributed by atoms with E-state index in [4.69, 9.17) is 9.47 Å². The van der Waals surface area contributed by atoms with Crippen LogP contribution in [0.15, 0.2) is 18.2 Å². The van der Waals surface area contributed by atoms with Crippen LogP contribution in [0.5, 0.6) is 0 Å². The molecule has 0 bridgehead atoms. The third-order valence-electron chi connectivity index (χ3n) is 6.79. The predicted molar refractivity (Wildman–Crippen MR) is 149 cm³/mol. The first-order valence-corrected chi connectivity index (χ1v) is 13.6. The third kappa shape index (κ3) is 7.11. The highest BCUT2D eigenvalue weighted by molar-refractivity contribution is 6.08. The van der Waals surface area contributed by atoms with Crippen molar-refractivity contribution in [1.82, 2.24) is 15.5 Å². The molecule has 2 aliphatic heterocycles. The van der Waals surface area contributed by atoms with Gasteiger partial charge in [-0.05, 0) is 79.4 Å². The molecular weight excluding hydrogens is 516 g/mol. The Morgan fingerprint density at radius 3 is 2.20 bits per heavy atom. The fraction of sp³-hybridized carbons (Fsp3) is 0.621. The number of benzene rings is 1. The van der Waals surface area contributed by atoms with Gasteiger partial charge in [0.2, 0.25) is 17.7 Å². The minimum atomic E-state index is -0.920. The Morgan fingerprint density at radius 2 is 1.60 bits per heavy atom. The number of nitrogens with one attached hydrogen (secondary N) is 2. The molecule has 0 saturated heterocycles. The monoisotopic (exact) mass is 558 g/mol. The Morgan fingerprint density at radius 1 is 1.00 bits per heavy atom. The topological polar surface area (TPSA) is 134 Å². The summed E-state index contributed by atoms with van der Waals surface area (Å²) < 4.78 is 10.7. The molecule has 1 aromatic rings. The lowest BCUT2D eigenvalue weighted by Crippen LogP contribution is -2.58. The highest BCUT2D eigenvalue weighted by Crippen LogP contribution is 2.39. The first kappa shape index (κ1) is 30.9. The number of likely N-dealkylation sites (N-methyl/N-ethyl adjacent to an activating group) is 1. The van der Waals surface area contributed by atoms with Crippen LogP contribution in [-0.4, -0.2) is 77.1 Å². The zero-order valence-electron chi connectivity index (χ0n) is 24.9. The van der Waals surface area contributed by atoms with Gasteiger partial charge in [-0.15, -0.1) is 0 Å². The number of carbonyl (C=O) groups excluding carboxylic acids is 5. The van der Waals surface area contributed by atoms with Crippen LogP contribution in [0.3, 0.4) is 0 Å². The van der Waals surface area contributed by atoms with Gasteiger partial charge in [0.25, 0.3) is 0 Å². The van der Waals surface area contributed by atoms with E-state index < -0.39 is 65.2 Å². The minimum Gasteiger partial charge on any atom is -0.458 e. The second-order valence-electron chi connectivity index (χ2n) is 12.5. The largest absolute Gasteiger partial charge is 0.458 e. The molecule has 0 fully saturated rings. The summed E-state index contributed by atoms with van der Waals surface area (Å²) in [7, 11) is 1.46. The minimum absolute atomic E-state index is 0.278. The molecule has 4 unspecified atom stereocenters. The predicted octanol–water partition coefficient (Wildman–Crippen LogP) is 2.48. The first-order valence-electron chi connectivity index (χ1n) is 13.6. The highest BCUT2D eigenvalue weighted by Gasteiger charge is 2.45. The molecule has 220 valence electrons.